The zero-order valence-electron chi connectivity index (χ0n) is 9.12. The van der Waals surface area contributed by atoms with Crippen LogP contribution in [-0.4, -0.2) is 25.2 Å². The molecule has 0 N–H and O–H groups in total. The Morgan fingerprint density at radius 3 is 2.60 bits per heavy atom. The van der Waals surface area contributed by atoms with Crippen molar-refractivity contribution in [2.45, 2.75) is 26.7 Å². The number of esters is 2. The van der Waals surface area contributed by atoms with Gasteiger partial charge in [0.1, 0.15) is 0 Å². The number of rotatable bonds is 4. The molecule has 0 fully saturated rings. The van der Waals surface area contributed by atoms with Crippen LogP contribution >= 0.6 is 0 Å². The Kier molecular flexibility index (Phi) is 4.34. The second-order valence-corrected chi connectivity index (χ2v) is 3.34. The number of hydrogen-bond acceptors (Lipinski definition) is 4. The summed E-state index contributed by atoms with van der Waals surface area (Å²) in [6.45, 7) is 4.27. The van der Waals surface area contributed by atoms with Gasteiger partial charge in [-0.05, 0) is 26.7 Å². The molecule has 0 unspecified atom stereocenters. The molecule has 0 radical (unpaired) electrons. The molecule has 0 aromatic rings. The summed E-state index contributed by atoms with van der Waals surface area (Å²) in [5, 5.41) is 0. The maximum atomic E-state index is 11.4. The van der Waals surface area contributed by atoms with E-state index in [0.717, 1.165) is 0 Å². The number of ether oxygens (including phenoxy) is 2. The first-order valence-corrected chi connectivity index (χ1v) is 5.21. The molecule has 0 heterocycles. The summed E-state index contributed by atoms with van der Waals surface area (Å²) >= 11 is 0. The van der Waals surface area contributed by atoms with Crippen molar-refractivity contribution in [1.29, 1.82) is 0 Å². The fraction of sp³-hybridized carbons (Fsp3) is 0.636. The summed E-state index contributed by atoms with van der Waals surface area (Å²) in [4.78, 5) is 22.7. The normalized spacial score (nSPS) is 19.6. The molecule has 4 nitrogen and oxygen atoms in total. The number of carbonyl (C=O) groups excluding carboxylic acids is 2. The zero-order valence-corrected chi connectivity index (χ0v) is 9.12. The Morgan fingerprint density at radius 2 is 2.00 bits per heavy atom. The highest BCUT2D eigenvalue weighted by Crippen LogP contribution is 2.26. The highest BCUT2D eigenvalue weighted by molar-refractivity contribution is 5.90. The van der Waals surface area contributed by atoms with Gasteiger partial charge in [-0.25, -0.2) is 4.79 Å². The smallest absolute Gasteiger partial charge is 0.333 e. The summed E-state index contributed by atoms with van der Waals surface area (Å²) in [5.74, 6) is -0.748. The van der Waals surface area contributed by atoms with Crippen molar-refractivity contribution in [1.82, 2.24) is 0 Å². The molecule has 84 valence electrons. The topological polar surface area (TPSA) is 52.6 Å². The van der Waals surface area contributed by atoms with Crippen molar-refractivity contribution in [3.63, 3.8) is 0 Å². The van der Waals surface area contributed by atoms with Crippen LogP contribution in [0.15, 0.2) is 11.6 Å². The van der Waals surface area contributed by atoms with E-state index in [4.69, 9.17) is 9.47 Å². The third-order valence-corrected chi connectivity index (χ3v) is 2.27. The molecule has 0 amide bonds. The fourth-order valence-electron chi connectivity index (χ4n) is 1.55. The van der Waals surface area contributed by atoms with Crippen molar-refractivity contribution in [2.75, 3.05) is 13.2 Å². The van der Waals surface area contributed by atoms with Gasteiger partial charge in [0, 0.05) is 5.57 Å². The van der Waals surface area contributed by atoms with Crippen LogP contribution in [0.25, 0.3) is 0 Å². The third-order valence-electron chi connectivity index (χ3n) is 2.27. The molecule has 1 aliphatic rings. The Labute approximate surface area is 89.2 Å². The Morgan fingerprint density at radius 1 is 1.33 bits per heavy atom. The van der Waals surface area contributed by atoms with Crippen LogP contribution in [0.3, 0.4) is 0 Å². The maximum absolute atomic E-state index is 11.4. The first-order chi connectivity index (χ1) is 7.19. The molecule has 0 saturated heterocycles. The molecule has 0 saturated carbocycles. The van der Waals surface area contributed by atoms with Gasteiger partial charge in [0.2, 0.25) is 0 Å². The van der Waals surface area contributed by atoms with E-state index in [1.54, 1.807) is 19.9 Å². The molecule has 0 spiro atoms. The van der Waals surface area contributed by atoms with E-state index in [2.05, 4.69) is 0 Å². The van der Waals surface area contributed by atoms with Gasteiger partial charge in [0.25, 0.3) is 0 Å². The predicted molar refractivity (Wildman–Crippen MR) is 54.1 cm³/mol. The predicted octanol–water partition coefficient (Wildman–Crippen LogP) is 1.45. The summed E-state index contributed by atoms with van der Waals surface area (Å²) in [5.41, 5.74) is 0.593. The molecule has 1 atom stereocenters. The van der Waals surface area contributed by atoms with Gasteiger partial charge < -0.3 is 9.47 Å². The lowest BCUT2D eigenvalue weighted by atomic mass is 10.1. The van der Waals surface area contributed by atoms with Gasteiger partial charge >= 0.3 is 11.9 Å². The zero-order chi connectivity index (χ0) is 11.3. The molecular weight excluding hydrogens is 196 g/mol. The first-order valence-electron chi connectivity index (χ1n) is 5.21. The molecule has 0 aromatic carbocycles. The average molecular weight is 212 g/mol. The first kappa shape index (κ1) is 11.8. The summed E-state index contributed by atoms with van der Waals surface area (Å²) < 4.78 is 9.74. The van der Waals surface area contributed by atoms with Crippen LogP contribution in [0.1, 0.15) is 26.7 Å². The molecule has 15 heavy (non-hydrogen) atoms. The van der Waals surface area contributed by atoms with E-state index >= 15 is 0 Å². The van der Waals surface area contributed by atoms with Crippen LogP contribution in [0.5, 0.6) is 0 Å². The Bertz CT molecular complexity index is 280. The lowest BCUT2D eigenvalue weighted by molar-refractivity contribution is -0.147. The molecule has 0 aromatic heterocycles. The Balaban J connectivity index is 2.43. The maximum Gasteiger partial charge on any atom is 0.333 e. The molecule has 1 rings (SSSR count). The highest BCUT2D eigenvalue weighted by atomic mass is 16.5. The fourth-order valence-corrected chi connectivity index (χ4v) is 1.55. The number of carbonyl (C=O) groups is 2. The van der Waals surface area contributed by atoms with Gasteiger partial charge in [-0.2, -0.15) is 0 Å². The standard InChI is InChI=1S/C11H16O4/c1-3-14-10(12)8-5-6-9(7-8)11(13)15-4-2/h5,9H,3-4,6-7H2,1-2H3/t9-/m1/s1. The highest BCUT2D eigenvalue weighted by Gasteiger charge is 2.28. The molecule has 1 aliphatic carbocycles. The van der Waals surface area contributed by atoms with E-state index in [1.165, 1.54) is 0 Å². The summed E-state index contributed by atoms with van der Waals surface area (Å²) in [6.07, 6.45) is 2.78. The van der Waals surface area contributed by atoms with Crippen molar-refractivity contribution in [3.05, 3.63) is 11.6 Å². The van der Waals surface area contributed by atoms with E-state index in [9.17, 15) is 9.59 Å². The Hall–Kier alpha value is -1.32. The van der Waals surface area contributed by atoms with E-state index in [0.29, 0.717) is 31.6 Å². The van der Waals surface area contributed by atoms with E-state index in [1.807, 2.05) is 0 Å². The van der Waals surface area contributed by atoms with Crippen molar-refractivity contribution < 1.29 is 19.1 Å². The summed E-state index contributed by atoms with van der Waals surface area (Å²) in [6, 6.07) is 0. The monoisotopic (exact) mass is 212 g/mol. The summed E-state index contributed by atoms with van der Waals surface area (Å²) in [7, 11) is 0. The van der Waals surface area contributed by atoms with Gasteiger partial charge in [0.15, 0.2) is 0 Å². The van der Waals surface area contributed by atoms with Gasteiger partial charge in [0.05, 0.1) is 19.1 Å². The van der Waals surface area contributed by atoms with Crippen LogP contribution in [0, 0.1) is 5.92 Å². The van der Waals surface area contributed by atoms with Crippen LogP contribution < -0.4 is 0 Å². The SMILES string of the molecule is CCOC(=O)C1=CC[C@@H](C(=O)OCC)C1. The van der Waals surface area contributed by atoms with Crippen LogP contribution in [-0.2, 0) is 19.1 Å². The van der Waals surface area contributed by atoms with Crippen molar-refractivity contribution in [3.8, 4) is 0 Å². The molecule has 4 heteroatoms. The molecule has 0 aliphatic heterocycles. The number of hydrogen-bond donors (Lipinski definition) is 0. The lowest BCUT2D eigenvalue weighted by Crippen LogP contribution is -2.16. The van der Waals surface area contributed by atoms with Gasteiger partial charge in [-0.1, -0.05) is 6.08 Å². The minimum atomic E-state index is -0.315. The third kappa shape index (κ3) is 3.08. The van der Waals surface area contributed by atoms with Crippen LogP contribution in [0.4, 0.5) is 0 Å². The lowest BCUT2D eigenvalue weighted by Gasteiger charge is -2.08. The average Bonchev–Trinajstić information content (AvgIpc) is 2.67. The largest absolute Gasteiger partial charge is 0.466 e. The van der Waals surface area contributed by atoms with Gasteiger partial charge in [-0.15, -0.1) is 0 Å². The molecular formula is C11H16O4. The minimum absolute atomic E-state index is 0.204. The van der Waals surface area contributed by atoms with E-state index < -0.39 is 0 Å². The second-order valence-electron chi connectivity index (χ2n) is 3.34. The minimum Gasteiger partial charge on any atom is -0.466 e. The van der Waals surface area contributed by atoms with Crippen molar-refractivity contribution in [2.24, 2.45) is 5.92 Å². The van der Waals surface area contributed by atoms with E-state index in [-0.39, 0.29) is 17.9 Å². The number of allylic oxidation sites excluding steroid dienone is 1. The van der Waals surface area contributed by atoms with Crippen LogP contribution in [0.2, 0.25) is 0 Å². The van der Waals surface area contributed by atoms with Crippen molar-refractivity contribution >= 4 is 11.9 Å². The van der Waals surface area contributed by atoms with Gasteiger partial charge in [-0.3, -0.25) is 4.79 Å². The molecule has 0 bridgehead atoms. The quantitative estimate of drug-likeness (QED) is 0.662. The second kappa shape index (κ2) is 5.53.